The molecule has 0 saturated heterocycles. The van der Waals surface area contributed by atoms with Crippen LogP contribution in [-0.4, -0.2) is 24.6 Å². The molecule has 208 valence electrons. The Morgan fingerprint density at radius 2 is 1.67 bits per heavy atom. The lowest BCUT2D eigenvalue weighted by molar-refractivity contribution is -0.253. The number of hydrogen-bond donors (Lipinski definition) is 2. The second-order valence-corrected chi connectivity index (χ2v) is 9.82. The van der Waals surface area contributed by atoms with Crippen LogP contribution in [0.3, 0.4) is 0 Å². The number of rotatable bonds is 9. The SMILES string of the molecule is O=C(NC1CCCC1)N[C@@](Cc1ccccc1)(c1cc(F)cc(OC(F)(F)C(F)F)c1)c1ccc(F)c(Cl)c1. The normalized spacial score (nSPS) is 15.7. The van der Waals surface area contributed by atoms with E-state index >= 15 is 0 Å². The second-order valence-electron chi connectivity index (χ2n) is 9.42. The van der Waals surface area contributed by atoms with Gasteiger partial charge in [-0.3, -0.25) is 0 Å². The van der Waals surface area contributed by atoms with Crippen LogP contribution >= 0.6 is 11.6 Å². The number of nitrogens with one attached hydrogen (secondary N) is 2. The van der Waals surface area contributed by atoms with E-state index < -0.39 is 41.5 Å². The number of urea groups is 1. The van der Waals surface area contributed by atoms with Gasteiger partial charge in [-0.2, -0.15) is 17.6 Å². The standard InChI is InChI=1S/C28H25ClF6N2O2/c29-23-14-18(10-11-24(23)31)27(16-17-6-2-1-3-7-17,37-26(38)36-21-8-4-5-9-21)19-12-20(30)15-22(13-19)39-28(34,35)25(32)33/h1-3,6-7,10-15,21,25H,4-5,8-9,16H2,(H2,36,37,38)/t27-/m1/s1. The van der Waals surface area contributed by atoms with Crippen LogP contribution in [0.2, 0.25) is 5.02 Å². The van der Waals surface area contributed by atoms with Crippen molar-refractivity contribution in [3.63, 3.8) is 0 Å². The summed E-state index contributed by atoms with van der Waals surface area (Å²) < 4.78 is 86.5. The van der Waals surface area contributed by atoms with Crippen LogP contribution in [0.25, 0.3) is 0 Å². The van der Waals surface area contributed by atoms with Gasteiger partial charge < -0.3 is 15.4 Å². The predicted octanol–water partition coefficient (Wildman–Crippen LogP) is 7.58. The largest absolute Gasteiger partial charge is 0.461 e. The van der Waals surface area contributed by atoms with Gasteiger partial charge in [-0.05, 0) is 53.8 Å². The highest BCUT2D eigenvalue weighted by atomic mass is 35.5. The summed E-state index contributed by atoms with van der Waals surface area (Å²) in [5, 5.41) is 5.40. The molecule has 0 heterocycles. The number of halogens is 7. The van der Waals surface area contributed by atoms with Gasteiger partial charge in [0.05, 0.1) is 10.6 Å². The summed E-state index contributed by atoms with van der Waals surface area (Å²) in [5.41, 5.74) is -1.02. The van der Waals surface area contributed by atoms with E-state index in [1.807, 2.05) is 0 Å². The molecule has 4 nitrogen and oxygen atoms in total. The van der Waals surface area contributed by atoms with Crippen LogP contribution < -0.4 is 15.4 Å². The maximum atomic E-state index is 14.9. The smallest absolute Gasteiger partial charge is 0.428 e. The van der Waals surface area contributed by atoms with Crippen LogP contribution in [0, 0.1) is 11.6 Å². The molecule has 1 aliphatic rings. The number of hydrogen-bond acceptors (Lipinski definition) is 2. The lowest BCUT2D eigenvalue weighted by Gasteiger charge is -2.37. The zero-order chi connectivity index (χ0) is 28.2. The first kappa shape index (κ1) is 28.6. The molecule has 2 amide bonds. The minimum Gasteiger partial charge on any atom is -0.428 e. The Kier molecular flexibility index (Phi) is 8.64. The topological polar surface area (TPSA) is 50.4 Å². The van der Waals surface area contributed by atoms with Crippen LogP contribution in [-0.2, 0) is 12.0 Å². The highest BCUT2D eigenvalue weighted by Crippen LogP contribution is 2.39. The summed E-state index contributed by atoms with van der Waals surface area (Å²) >= 11 is 6.08. The third-order valence-corrected chi connectivity index (χ3v) is 6.90. The maximum Gasteiger partial charge on any atom is 0.461 e. The van der Waals surface area contributed by atoms with Crippen LogP contribution in [0.15, 0.2) is 66.7 Å². The zero-order valence-corrected chi connectivity index (χ0v) is 21.3. The van der Waals surface area contributed by atoms with Crippen molar-refractivity contribution in [3.05, 3.63) is 100 Å². The lowest BCUT2D eigenvalue weighted by atomic mass is 9.77. The average molecular weight is 571 g/mol. The minimum atomic E-state index is -4.90. The molecule has 1 aliphatic carbocycles. The molecule has 0 unspecified atom stereocenters. The minimum absolute atomic E-state index is 0.0674. The molecule has 1 atom stereocenters. The summed E-state index contributed by atoms with van der Waals surface area (Å²) in [6, 6.07) is 13.9. The fraction of sp³-hybridized carbons (Fsp3) is 0.321. The van der Waals surface area contributed by atoms with E-state index in [0.29, 0.717) is 11.6 Å². The molecule has 1 fully saturated rings. The molecule has 11 heteroatoms. The Labute approximate surface area is 226 Å². The first-order valence-corrected chi connectivity index (χ1v) is 12.6. The third-order valence-electron chi connectivity index (χ3n) is 6.61. The van der Waals surface area contributed by atoms with Crippen LogP contribution in [0.5, 0.6) is 5.75 Å². The molecular formula is C28H25ClF6N2O2. The molecule has 3 aromatic rings. The summed E-state index contributed by atoms with van der Waals surface area (Å²) in [4.78, 5) is 13.3. The van der Waals surface area contributed by atoms with Gasteiger partial charge in [-0.25, -0.2) is 13.6 Å². The van der Waals surface area contributed by atoms with Crippen molar-refractivity contribution < 1.29 is 35.9 Å². The van der Waals surface area contributed by atoms with E-state index in [0.717, 1.165) is 43.9 Å². The van der Waals surface area contributed by atoms with E-state index in [4.69, 9.17) is 11.6 Å². The third kappa shape index (κ3) is 6.79. The number of amides is 2. The first-order chi connectivity index (χ1) is 18.5. The van der Waals surface area contributed by atoms with Gasteiger partial charge >= 0.3 is 18.6 Å². The van der Waals surface area contributed by atoms with Gasteiger partial charge in [-0.1, -0.05) is 60.8 Å². The van der Waals surface area contributed by atoms with Crippen molar-refractivity contribution in [2.24, 2.45) is 0 Å². The van der Waals surface area contributed by atoms with Crippen molar-refractivity contribution >= 4 is 17.6 Å². The van der Waals surface area contributed by atoms with E-state index in [9.17, 15) is 31.1 Å². The molecular weight excluding hydrogens is 546 g/mol. The summed E-state index contributed by atoms with van der Waals surface area (Å²) in [7, 11) is 0. The molecule has 0 bridgehead atoms. The van der Waals surface area contributed by atoms with E-state index in [2.05, 4.69) is 15.4 Å². The molecule has 2 N–H and O–H groups in total. The molecule has 0 radical (unpaired) electrons. The highest BCUT2D eigenvalue weighted by molar-refractivity contribution is 6.30. The predicted molar refractivity (Wildman–Crippen MR) is 134 cm³/mol. The maximum absolute atomic E-state index is 14.9. The Hall–Kier alpha value is -3.40. The number of carbonyl (C=O) groups is 1. The Morgan fingerprint density at radius 1 is 0.974 bits per heavy atom. The fourth-order valence-corrected chi connectivity index (χ4v) is 4.96. The molecule has 0 aliphatic heterocycles. The average Bonchev–Trinajstić information content (AvgIpc) is 3.38. The molecule has 1 saturated carbocycles. The monoisotopic (exact) mass is 570 g/mol. The summed E-state index contributed by atoms with van der Waals surface area (Å²) in [6.07, 6.45) is -5.79. The molecule has 4 rings (SSSR count). The zero-order valence-electron chi connectivity index (χ0n) is 20.5. The number of carbonyl (C=O) groups excluding carboxylic acids is 1. The highest BCUT2D eigenvalue weighted by Gasteiger charge is 2.45. The molecule has 0 spiro atoms. The van der Waals surface area contributed by atoms with E-state index in [-0.39, 0.29) is 28.6 Å². The first-order valence-electron chi connectivity index (χ1n) is 12.2. The van der Waals surface area contributed by atoms with E-state index in [1.165, 1.54) is 12.1 Å². The van der Waals surface area contributed by atoms with Crippen LogP contribution in [0.4, 0.5) is 31.1 Å². The van der Waals surface area contributed by atoms with Gasteiger partial charge in [0.1, 0.15) is 17.4 Å². The summed E-state index contributed by atoms with van der Waals surface area (Å²) in [6.45, 7) is 0. The van der Waals surface area contributed by atoms with Crippen molar-refractivity contribution in [2.45, 2.75) is 56.2 Å². The number of benzene rings is 3. The van der Waals surface area contributed by atoms with Gasteiger partial charge in [0.2, 0.25) is 0 Å². The van der Waals surface area contributed by atoms with Crippen molar-refractivity contribution in [2.75, 3.05) is 0 Å². The van der Waals surface area contributed by atoms with E-state index in [1.54, 1.807) is 30.3 Å². The number of ether oxygens (including phenoxy) is 1. The van der Waals surface area contributed by atoms with Crippen LogP contribution in [0.1, 0.15) is 42.4 Å². The molecule has 0 aromatic heterocycles. The Morgan fingerprint density at radius 3 is 2.31 bits per heavy atom. The molecule has 39 heavy (non-hydrogen) atoms. The Balaban J connectivity index is 1.89. The van der Waals surface area contributed by atoms with Crippen molar-refractivity contribution in [1.29, 1.82) is 0 Å². The van der Waals surface area contributed by atoms with Crippen molar-refractivity contribution in [1.82, 2.24) is 10.6 Å². The number of alkyl halides is 4. The fourth-order valence-electron chi connectivity index (χ4n) is 4.78. The summed E-state index contributed by atoms with van der Waals surface area (Å²) in [5.74, 6) is -2.74. The van der Waals surface area contributed by atoms with Crippen molar-refractivity contribution in [3.8, 4) is 5.75 Å². The second kappa shape index (κ2) is 11.8. The van der Waals surface area contributed by atoms with Gasteiger partial charge in [0.15, 0.2) is 0 Å². The van der Waals surface area contributed by atoms with Gasteiger partial charge in [0, 0.05) is 18.5 Å². The molecule has 3 aromatic carbocycles. The van der Waals surface area contributed by atoms with Gasteiger partial charge in [0.25, 0.3) is 0 Å². The Bertz CT molecular complexity index is 1300. The lowest BCUT2D eigenvalue weighted by Crippen LogP contribution is -2.53. The van der Waals surface area contributed by atoms with Gasteiger partial charge in [-0.15, -0.1) is 0 Å². The quantitative estimate of drug-likeness (QED) is 0.261.